The molecule has 0 aromatic carbocycles. The first-order chi connectivity index (χ1) is 8.54. The van der Waals surface area contributed by atoms with E-state index in [0.29, 0.717) is 12.5 Å². The van der Waals surface area contributed by atoms with E-state index in [1.54, 1.807) is 0 Å². The fraction of sp³-hybridized carbons (Fsp3) is 0.812. The molecule has 0 saturated carbocycles. The van der Waals surface area contributed by atoms with Gasteiger partial charge in [-0.05, 0) is 25.2 Å². The van der Waals surface area contributed by atoms with Crippen molar-refractivity contribution >= 4 is 5.91 Å². The molecular formula is C16H31NO2. The minimum absolute atomic E-state index is 0.0632. The van der Waals surface area contributed by atoms with Gasteiger partial charge in [-0.3, -0.25) is 4.79 Å². The molecule has 0 spiro atoms. The highest BCUT2D eigenvalue weighted by molar-refractivity contribution is 5.83. The molecule has 1 amide bonds. The third-order valence-electron chi connectivity index (χ3n) is 2.54. The molecule has 0 aromatic heterocycles. The normalized spacial score (nSPS) is 13.3. The number of nitrogens with one attached hydrogen (secondary N) is 1. The lowest BCUT2D eigenvalue weighted by molar-refractivity contribution is -0.127. The van der Waals surface area contributed by atoms with Crippen LogP contribution in [0, 0.1) is 16.7 Å². The van der Waals surface area contributed by atoms with Crippen LogP contribution in [0.3, 0.4) is 0 Å². The highest BCUT2D eigenvalue weighted by atomic mass is 16.5. The van der Waals surface area contributed by atoms with Crippen molar-refractivity contribution in [2.24, 2.45) is 16.7 Å². The number of hydrogen-bond donors (Lipinski definition) is 1. The van der Waals surface area contributed by atoms with Crippen molar-refractivity contribution in [2.45, 2.75) is 48.5 Å². The zero-order chi connectivity index (χ0) is 15.1. The van der Waals surface area contributed by atoms with E-state index >= 15 is 0 Å². The average Bonchev–Trinajstić information content (AvgIpc) is 2.23. The molecule has 1 N–H and O–H groups in total. The second kappa shape index (κ2) is 7.68. The van der Waals surface area contributed by atoms with Crippen LogP contribution in [0.25, 0.3) is 0 Å². The number of hydrogen-bond acceptors (Lipinski definition) is 2. The third-order valence-corrected chi connectivity index (χ3v) is 2.54. The highest BCUT2D eigenvalue weighted by Crippen LogP contribution is 2.17. The Kier molecular flexibility index (Phi) is 7.35. The van der Waals surface area contributed by atoms with Crippen molar-refractivity contribution in [3.63, 3.8) is 0 Å². The van der Waals surface area contributed by atoms with Crippen LogP contribution < -0.4 is 5.32 Å². The summed E-state index contributed by atoms with van der Waals surface area (Å²) in [5.41, 5.74) is -0.308. The van der Waals surface area contributed by atoms with Gasteiger partial charge in [-0.2, -0.15) is 0 Å². The van der Waals surface area contributed by atoms with E-state index in [1.165, 1.54) is 0 Å². The quantitative estimate of drug-likeness (QED) is 0.568. The average molecular weight is 269 g/mol. The van der Waals surface area contributed by atoms with Gasteiger partial charge in [0.15, 0.2) is 0 Å². The lowest BCUT2D eigenvalue weighted by Crippen LogP contribution is -2.37. The monoisotopic (exact) mass is 269 g/mol. The van der Waals surface area contributed by atoms with Gasteiger partial charge < -0.3 is 10.1 Å². The Morgan fingerprint density at radius 1 is 1.21 bits per heavy atom. The van der Waals surface area contributed by atoms with Crippen molar-refractivity contribution in [2.75, 3.05) is 19.8 Å². The van der Waals surface area contributed by atoms with Crippen LogP contribution in [0.15, 0.2) is 12.2 Å². The Balaban J connectivity index is 4.10. The smallest absolute Gasteiger partial charge is 0.229 e. The second-order valence-corrected chi connectivity index (χ2v) is 7.30. The summed E-state index contributed by atoms with van der Waals surface area (Å²) in [5.74, 6) is 0.534. The second-order valence-electron chi connectivity index (χ2n) is 7.30. The van der Waals surface area contributed by atoms with Crippen molar-refractivity contribution in [3.05, 3.63) is 12.2 Å². The Morgan fingerprint density at radius 3 is 2.26 bits per heavy atom. The standard InChI is InChI=1S/C16H31NO2/c1-13(2)11-17-14(18)16(6,7)9-8-10-19-12-15(3,4)5/h8-9,13H,10-12H2,1-7H3,(H,17,18)/b9-8+. The van der Waals surface area contributed by atoms with Gasteiger partial charge in [-0.1, -0.05) is 46.8 Å². The molecule has 112 valence electrons. The summed E-state index contributed by atoms with van der Waals surface area (Å²) in [6, 6.07) is 0. The number of amides is 1. The van der Waals surface area contributed by atoms with Gasteiger partial charge in [0.1, 0.15) is 0 Å². The molecule has 0 atom stereocenters. The Labute approximate surface area is 118 Å². The van der Waals surface area contributed by atoms with Crippen LogP contribution in [0.4, 0.5) is 0 Å². The van der Waals surface area contributed by atoms with Crippen molar-refractivity contribution < 1.29 is 9.53 Å². The van der Waals surface area contributed by atoms with Gasteiger partial charge in [0, 0.05) is 6.54 Å². The summed E-state index contributed by atoms with van der Waals surface area (Å²) in [6.45, 7) is 16.4. The van der Waals surface area contributed by atoms with E-state index < -0.39 is 5.41 Å². The Bertz CT molecular complexity index is 298. The molecule has 0 bridgehead atoms. The summed E-state index contributed by atoms with van der Waals surface area (Å²) >= 11 is 0. The van der Waals surface area contributed by atoms with Crippen molar-refractivity contribution in [1.29, 1.82) is 0 Å². The van der Waals surface area contributed by atoms with Crippen LogP contribution in [0.2, 0.25) is 0 Å². The zero-order valence-corrected chi connectivity index (χ0v) is 13.7. The molecule has 3 heteroatoms. The lowest BCUT2D eigenvalue weighted by Gasteiger charge is -2.21. The molecule has 0 aliphatic rings. The Morgan fingerprint density at radius 2 is 1.79 bits per heavy atom. The summed E-state index contributed by atoms with van der Waals surface area (Å²) in [5, 5.41) is 2.96. The SMILES string of the molecule is CC(C)CNC(=O)C(C)(C)/C=C/COCC(C)(C)C. The molecule has 0 saturated heterocycles. The van der Waals surface area contributed by atoms with Crippen molar-refractivity contribution in [1.82, 2.24) is 5.32 Å². The van der Waals surface area contributed by atoms with E-state index in [-0.39, 0.29) is 11.3 Å². The molecular weight excluding hydrogens is 238 g/mol. The van der Waals surface area contributed by atoms with Crippen LogP contribution in [0.1, 0.15) is 48.5 Å². The predicted molar refractivity (Wildman–Crippen MR) is 81.0 cm³/mol. The Hall–Kier alpha value is -0.830. The van der Waals surface area contributed by atoms with E-state index in [1.807, 2.05) is 26.0 Å². The van der Waals surface area contributed by atoms with Gasteiger partial charge >= 0.3 is 0 Å². The predicted octanol–water partition coefficient (Wildman–Crippen LogP) is 3.40. The zero-order valence-electron chi connectivity index (χ0n) is 13.7. The molecule has 0 rings (SSSR count). The van der Waals surface area contributed by atoms with E-state index in [4.69, 9.17) is 4.74 Å². The number of carbonyl (C=O) groups is 1. The molecule has 0 aromatic rings. The molecule has 0 unspecified atom stereocenters. The fourth-order valence-corrected chi connectivity index (χ4v) is 1.38. The first-order valence-electron chi connectivity index (χ1n) is 7.08. The first-order valence-corrected chi connectivity index (χ1v) is 7.08. The van der Waals surface area contributed by atoms with Crippen LogP contribution >= 0.6 is 0 Å². The van der Waals surface area contributed by atoms with E-state index in [0.717, 1.165) is 13.2 Å². The minimum atomic E-state index is -0.486. The largest absolute Gasteiger partial charge is 0.377 e. The molecule has 3 nitrogen and oxygen atoms in total. The van der Waals surface area contributed by atoms with Gasteiger partial charge in [0.2, 0.25) is 5.91 Å². The van der Waals surface area contributed by atoms with Gasteiger partial charge in [-0.25, -0.2) is 0 Å². The molecule has 19 heavy (non-hydrogen) atoms. The van der Waals surface area contributed by atoms with Gasteiger partial charge in [0.05, 0.1) is 18.6 Å². The van der Waals surface area contributed by atoms with Crippen LogP contribution in [0.5, 0.6) is 0 Å². The van der Waals surface area contributed by atoms with Crippen molar-refractivity contribution in [3.8, 4) is 0 Å². The highest BCUT2D eigenvalue weighted by Gasteiger charge is 2.23. The number of rotatable bonds is 7. The molecule has 0 fully saturated rings. The summed E-state index contributed by atoms with van der Waals surface area (Å²) in [4.78, 5) is 12.0. The molecule has 0 heterocycles. The van der Waals surface area contributed by atoms with E-state index in [2.05, 4.69) is 39.9 Å². The topological polar surface area (TPSA) is 38.3 Å². The summed E-state index contributed by atoms with van der Waals surface area (Å²) in [7, 11) is 0. The molecule has 0 aliphatic carbocycles. The minimum Gasteiger partial charge on any atom is -0.377 e. The first kappa shape index (κ1) is 18.2. The molecule has 0 aliphatic heterocycles. The number of ether oxygens (including phenoxy) is 1. The third kappa shape index (κ3) is 9.71. The maximum Gasteiger partial charge on any atom is 0.229 e. The van der Waals surface area contributed by atoms with Gasteiger partial charge in [-0.15, -0.1) is 0 Å². The van der Waals surface area contributed by atoms with E-state index in [9.17, 15) is 4.79 Å². The summed E-state index contributed by atoms with van der Waals surface area (Å²) in [6.07, 6.45) is 3.85. The maximum absolute atomic E-state index is 12.0. The van der Waals surface area contributed by atoms with Gasteiger partial charge in [0.25, 0.3) is 0 Å². The molecule has 0 radical (unpaired) electrons. The lowest BCUT2D eigenvalue weighted by atomic mass is 9.91. The van der Waals surface area contributed by atoms with Crippen LogP contribution in [-0.4, -0.2) is 25.7 Å². The van der Waals surface area contributed by atoms with Crippen LogP contribution in [-0.2, 0) is 9.53 Å². The fourth-order valence-electron chi connectivity index (χ4n) is 1.38. The summed E-state index contributed by atoms with van der Waals surface area (Å²) < 4.78 is 5.55. The number of carbonyl (C=O) groups excluding carboxylic acids is 1. The maximum atomic E-state index is 12.0.